The lowest BCUT2D eigenvalue weighted by molar-refractivity contribution is -0.887. The molecule has 0 saturated heterocycles. The Hall–Kier alpha value is -3.23. The number of carboxylic acid groups (broad SMARTS) is 1. The molecule has 0 aliphatic heterocycles. The maximum Gasteiger partial charge on any atom is 0.362 e. The second kappa shape index (κ2) is 44.4. The number of rotatable bonds is 44. The van der Waals surface area contributed by atoms with Gasteiger partial charge in [-0.3, -0.25) is 9.59 Å². The number of unbranched alkanes of at least 4 members (excludes halogenated alkanes) is 23. The lowest BCUT2D eigenvalue weighted by Gasteiger charge is -2.31. The minimum atomic E-state index is -0.884. The number of likely N-dealkylation sites (N-methyl/N-ethyl adjacent to an activating group) is 1. The molecule has 0 heterocycles. The maximum absolute atomic E-state index is 12.8. The molecule has 0 fully saturated rings. The van der Waals surface area contributed by atoms with Crippen LogP contribution in [0.15, 0.2) is 72.9 Å². The quantitative estimate of drug-likeness (QED) is 0.0282. The van der Waals surface area contributed by atoms with E-state index < -0.39 is 18.1 Å². The highest BCUT2D eigenvalue weighted by Crippen LogP contribution is 2.16. The number of quaternary nitrogens is 1. The molecule has 0 radical (unpaired) electrons. The van der Waals surface area contributed by atoms with E-state index in [1.54, 1.807) is 0 Å². The number of hydrogen-bond acceptors (Lipinski definition) is 6. The molecule has 0 aromatic rings. The van der Waals surface area contributed by atoms with E-state index in [2.05, 4.69) is 26.0 Å². The molecule has 8 heteroatoms. The van der Waals surface area contributed by atoms with Crippen LogP contribution in [0.4, 0.5) is 0 Å². The molecular weight excluding hydrogens is 775 g/mol. The van der Waals surface area contributed by atoms with Gasteiger partial charge in [0.2, 0.25) is 0 Å². The van der Waals surface area contributed by atoms with Crippen LogP contribution in [-0.2, 0) is 28.6 Å². The van der Waals surface area contributed by atoms with Crippen LogP contribution in [0.2, 0.25) is 0 Å². The zero-order valence-electron chi connectivity index (χ0n) is 40.6. The summed E-state index contributed by atoms with van der Waals surface area (Å²) < 4.78 is 17.3. The van der Waals surface area contributed by atoms with Gasteiger partial charge in [-0.1, -0.05) is 222 Å². The summed E-state index contributed by atoms with van der Waals surface area (Å²) in [6, 6.07) is -0.626. The Morgan fingerprint density at radius 2 is 0.903 bits per heavy atom. The summed E-state index contributed by atoms with van der Waals surface area (Å²) in [6.07, 6.45) is 56.7. The Labute approximate surface area is 381 Å². The number of allylic oxidation sites excluding steroid dienone is 12. The molecule has 0 bridgehead atoms. The van der Waals surface area contributed by atoms with E-state index in [9.17, 15) is 19.5 Å². The summed E-state index contributed by atoms with van der Waals surface area (Å²) in [5, 5.41) is 9.64. The average molecular weight is 869 g/mol. The molecule has 1 N–H and O–H groups in total. The highest BCUT2D eigenvalue weighted by Gasteiger charge is 2.31. The highest BCUT2D eigenvalue weighted by molar-refractivity contribution is 5.72. The van der Waals surface area contributed by atoms with Crippen molar-refractivity contribution < 1.29 is 38.2 Å². The van der Waals surface area contributed by atoms with E-state index in [0.717, 1.165) is 44.9 Å². The molecule has 0 amide bonds. The number of aliphatic carboxylic acids is 1. The molecule has 0 saturated carbocycles. The molecule has 2 unspecified atom stereocenters. The maximum atomic E-state index is 12.8. The number of carbonyl (C=O) groups excluding carboxylic acids is 2. The average Bonchev–Trinajstić information content (AvgIpc) is 3.23. The van der Waals surface area contributed by atoms with Gasteiger partial charge in [0.1, 0.15) is 6.61 Å². The fraction of sp³-hybridized carbons (Fsp3) is 0.722. The van der Waals surface area contributed by atoms with Crippen molar-refractivity contribution in [3.63, 3.8) is 0 Å². The van der Waals surface area contributed by atoms with Crippen LogP contribution >= 0.6 is 0 Å². The van der Waals surface area contributed by atoms with Gasteiger partial charge in [0, 0.05) is 19.3 Å². The molecular formula is C54H94NO7+. The van der Waals surface area contributed by atoms with Crippen LogP contribution in [-0.4, -0.2) is 80.6 Å². The molecule has 2 atom stereocenters. The number of hydrogen-bond donors (Lipinski definition) is 1. The third-order valence-electron chi connectivity index (χ3n) is 11.0. The largest absolute Gasteiger partial charge is 0.477 e. The van der Waals surface area contributed by atoms with E-state index in [0.29, 0.717) is 19.3 Å². The van der Waals surface area contributed by atoms with Crippen molar-refractivity contribution in [2.45, 2.75) is 212 Å². The number of nitrogens with zero attached hydrogens (tertiary/aromatic N) is 1. The van der Waals surface area contributed by atoms with Crippen LogP contribution in [0.25, 0.3) is 0 Å². The monoisotopic (exact) mass is 869 g/mol. The Bertz CT molecular complexity index is 1240. The second-order valence-electron chi connectivity index (χ2n) is 17.9. The van der Waals surface area contributed by atoms with Crippen molar-refractivity contribution in [2.75, 3.05) is 41.0 Å². The standard InChI is InChI=1S/C54H93NO7/c1-6-8-10-12-14-16-18-20-22-24-25-26-27-29-30-32-34-36-38-40-42-44-52(56)61-49-50(48-60-47-46-51(54(58)59)55(3,4)5)62-53(57)45-43-41-39-37-35-33-31-28-23-21-19-17-15-13-11-9-7-2/h9,11,13,15,17,19,21,23,28,31,33,35,50-51H,6-8,10,12,14,16,18,20,22,24-27,29-30,32,34,36-49H2,1-5H3/p+1/b11-9+,15-13+,19-17+,23-21+,31-28+,35-33+. The number of carboxylic acids is 1. The van der Waals surface area contributed by atoms with Gasteiger partial charge in [0.15, 0.2) is 12.1 Å². The van der Waals surface area contributed by atoms with Crippen LogP contribution in [0.1, 0.15) is 200 Å². The van der Waals surface area contributed by atoms with Crippen LogP contribution < -0.4 is 0 Å². The van der Waals surface area contributed by atoms with Gasteiger partial charge < -0.3 is 23.8 Å². The molecule has 8 nitrogen and oxygen atoms in total. The summed E-state index contributed by atoms with van der Waals surface area (Å²) >= 11 is 0. The van der Waals surface area contributed by atoms with Gasteiger partial charge in [0.25, 0.3) is 0 Å². The molecule has 0 aromatic carbocycles. The van der Waals surface area contributed by atoms with Crippen molar-refractivity contribution in [1.82, 2.24) is 0 Å². The molecule has 0 rings (SSSR count). The number of ether oxygens (including phenoxy) is 3. The van der Waals surface area contributed by atoms with Gasteiger partial charge in [0.05, 0.1) is 34.4 Å². The SMILES string of the molecule is CC/C=C/C=C/C=C/C=C/C=C/C=C/CCCCCC(=O)OC(COCCC(C(=O)O)[N+](C)(C)C)COC(=O)CCCCCCCCCCCCCCCCCCCCCCC. The minimum Gasteiger partial charge on any atom is -0.477 e. The summed E-state index contributed by atoms with van der Waals surface area (Å²) in [7, 11) is 5.51. The molecule has 0 aliphatic carbocycles. The lowest BCUT2D eigenvalue weighted by atomic mass is 10.0. The van der Waals surface area contributed by atoms with Crippen molar-refractivity contribution in [3.8, 4) is 0 Å². The Morgan fingerprint density at radius 1 is 0.500 bits per heavy atom. The van der Waals surface area contributed by atoms with Gasteiger partial charge in [-0.2, -0.15) is 0 Å². The predicted molar refractivity (Wildman–Crippen MR) is 261 cm³/mol. The third-order valence-corrected chi connectivity index (χ3v) is 11.0. The normalized spacial score (nSPS) is 13.5. The smallest absolute Gasteiger partial charge is 0.362 e. The predicted octanol–water partition coefficient (Wildman–Crippen LogP) is 14.3. The van der Waals surface area contributed by atoms with Crippen molar-refractivity contribution in [2.24, 2.45) is 0 Å². The second-order valence-corrected chi connectivity index (χ2v) is 17.9. The first-order valence-electron chi connectivity index (χ1n) is 25.1. The Balaban J connectivity index is 4.31. The van der Waals surface area contributed by atoms with Crippen molar-refractivity contribution >= 4 is 17.9 Å². The van der Waals surface area contributed by atoms with E-state index in [1.807, 2.05) is 81.9 Å². The zero-order valence-corrected chi connectivity index (χ0v) is 40.6. The summed E-state index contributed by atoms with van der Waals surface area (Å²) in [6.45, 7) is 4.56. The third kappa shape index (κ3) is 42.1. The molecule has 0 aliphatic rings. The van der Waals surface area contributed by atoms with Crippen molar-refractivity contribution in [1.29, 1.82) is 0 Å². The summed E-state index contributed by atoms with van der Waals surface area (Å²) in [5.74, 6) is -1.52. The van der Waals surface area contributed by atoms with Gasteiger partial charge in [-0.15, -0.1) is 0 Å². The topological polar surface area (TPSA) is 99.1 Å². The van der Waals surface area contributed by atoms with E-state index >= 15 is 0 Å². The van der Waals surface area contributed by atoms with E-state index in [4.69, 9.17) is 14.2 Å². The molecule has 0 aromatic heterocycles. The van der Waals surface area contributed by atoms with Gasteiger partial charge in [-0.05, 0) is 32.1 Å². The zero-order chi connectivity index (χ0) is 45.6. The minimum absolute atomic E-state index is 0.0410. The first-order valence-corrected chi connectivity index (χ1v) is 25.1. The molecule has 356 valence electrons. The van der Waals surface area contributed by atoms with Crippen molar-refractivity contribution in [3.05, 3.63) is 72.9 Å². The van der Waals surface area contributed by atoms with E-state index in [1.165, 1.54) is 116 Å². The Kier molecular flexibility index (Phi) is 42.1. The fourth-order valence-electron chi connectivity index (χ4n) is 7.18. The number of esters is 2. The first-order chi connectivity index (χ1) is 30.1. The van der Waals surface area contributed by atoms with E-state index in [-0.39, 0.29) is 42.7 Å². The number of carbonyl (C=O) groups is 3. The van der Waals surface area contributed by atoms with Crippen LogP contribution in [0.3, 0.4) is 0 Å². The summed E-state index contributed by atoms with van der Waals surface area (Å²) in [4.78, 5) is 37.1. The van der Waals surface area contributed by atoms with Crippen LogP contribution in [0, 0.1) is 0 Å². The molecule has 62 heavy (non-hydrogen) atoms. The fourth-order valence-corrected chi connectivity index (χ4v) is 7.18. The highest BCUT2D eigenvalue weighted by atomic mass is 16.6. The van der Waals surface area contributed by atoms with Crippen LogP contribution in [0.5, 0.6) is 0 Å². The Morgan fingerprint density at radius 3 is 1.34 bits per heavy atom. The lowest BCUT2D eigenvalue weighted by Crippen LogP contribution is -2.50. The molecule has 0 spiro atoms. The van der Waals surface area contributed by atoms with Gasteiger partial charge in [-0.25, -0.2) is 4.79 Å². The summed E-state index contributed by atoms with van der Waals surface area (Å²) in [5.41, 5.74) is 0. The van der Waals surface area contributed by atoms with Gasteiger partial charge >= 0.3 is 17.9 Å². The first kappa shape index (κ1) is 58.8.